The van der Waals surface area contributed by atoms with Crippen molar-refractivity contribution in [2.45, 2.75) is 6.04 Å². The number of carboxylic acid groups (broad SMARTS) is 1. The molecule has 4 heteroatoms. The molecule has 15 heavy (non-hydrogen) atoms. The van der Waals surface area contributed by atoms with Crippen LogP contribution in [0, 0.1) is 0 Å². The Labute approximate surface area is 88.0 Å². The maximum Gasteiger partial charge on any atom is 0.328 e. The van der Waals surface area contributed by atoms with E-state index in [2.05, 4.69) is 0 Å². The molecule has 0 saturated heterocycles. The third kappa shape index (κ3) is 3.44. The first-order valence-electron chi connectivity index (χ1n) is 4.44. The normalized spacial score (nSPS) is 12.7. The Morgan fingerprint density at radius 1 is 1.47 bits per heavy atom. The zero-order valence-electron chi connectivity index (χ0n) is 8.38. The Balaban J connectivity index is 2.74. The van der Waals surface area contributed by atoms with Gasteiger partial charge in [0.25, 0.3) is 0 Å². The number of methoxy groups -OCH3 is 1. The number of carboxylic acids is 1. The molecule has 0 bridgehead atoms. The van der Waals surface area contributed by atoms with Crippen molar-refractivity contribution >= 4 is 5.97 Å². The molecule has 0 aromatic heterocycles. The van der Waals surface area contributed by atoms with E-state index in [9.17, 15) is 4.79 Å². The Hall–Kier alpha value is -1.81. The zero-order valence-corrected chi connectivity index (χ0v) is 8.38. The van der Waals surface area contributed by atoms with E-state index >= 15 is 0 Å². The topological polar surface area (TPSA) is 72.5 Å². The summed E-state index contributed by atoms with van der Waals surface area (Å²) in [7, 11) is 1.58. The van der Waals surface area contributed by atoms with Crippen LogP contribution in [0.25, 0.3) is 0 Å². The van der Waals surface area contributed by atoms with Crippen LogP contribution in [0.1, 0.15) is 11.6 Å². The summed E-state index contributed by atoms with van der Waals surface area (Å²) < 4.78 is 4.99. The standard InChI is InChI=1S/C11H13NO3/c1-15-9-4-2-8(3-5-9)10(12)6-7-11(13)14/h2-7,10H,12H2,1H3,(H,13,14)/b7-6+. The molecule has 1 aromatic carbocycles. The molecule has 0 radical (unpaired) electrons. The second-order valence-corrected chi connectivity index (χ2v) is 3.00. The third-order valence-electron chi connectivity index (χ3n) is 1.95. The predicted octanol–water partition coefficient (Wildman–Crippen LogP) is 1.34. The van der Waals surface area contributed by atoms with Gasteiger partial charge in [-0.05, 0) is 17.7 Å². The van der Waals surface area contributed by atoms with Gasteiger partial charge in [-0.15, -0.1) is 0 Å². The largest absolute Gasteiger partial charge is 0.497 e. The molecule has 1 unspecified atom stereocenters. The van der Waals surface area contributed by atoms with Gasteiger partial charge in [0, 0.05) is 12.1 Å². The second-order valence-electron chi connectivity index (χ2n) is 3.00. The minimum absolute atomic E-state index is 0.410. The van der Waals surface area contributed by atoms with Gasteiger partial charge in [-0.3, -0.25) is 0 Å². The molecule has 0 fully saturated rings. The number of hydrogen-bond acceptors (Lipinski definition) is 3. The Kier molecular flexibility index (Phi) is 3.88. The summed E-state index contributed by atoms with van der Waals surface area (Å²) in [5.41, 5.74) is 6.58. The molecule has 3 N–H and O–H groups in total. The minimum atomic E-state index is -1.00. The lowest BCUT2D eigenvalue weighted by molar-refractivity contribution is -0.131. The van der Waals surface area contributed by atoms with Crippen molar-refractivity contribution in [3.05, 3.63) is 42.0 Å². The number of rotatable bonds is 4. The molecule has 1 atom stereocenters. The molecule has 1 rings (SSSR count). The molecule has 0 heterocycles. The average Bonchev–Trinajstić information content (AvgIpc) is 2.26. The van der Waals surface area contributed by atoms with Crippen molar-refractivity contribution in [2.75, 3.05) is 7.11 Å². The molecular weight excluding hydrogens is 194 g/mol. The highest BCUT2D eigenvalue weighted by Gasteiger charge is 2.02. The Morgan fingerprint density at radius 2 is 2.07 bits per heavy atom. The van der Waals surface area contributed by atoms with Crippen molar-refractivity contribution in [1.29, 1.82) is 0 Å². The van der Waals surface area contributed by atoms with Crippen LogP contribution in [-0.2, 0) is 4.79 Å². The van der Waals surface area contributed by atoms with Crippen molar-refractivity contribution in [3.8, 4) is 5.75 Å². The molecule has 80 valence electrons. The third-order valence-corrected chi connectivity index (χ3v) is 1.95. The van der Waals surface area contributed by atoms with Gasteiger partial charge in [0.15, 0.2) is 0 Å². The fourth-order valence-corrected chi connectivity index (χ4v) is 1.12. The molecule has 0 aliphatic rings. The fraction of sp³-hybridized carbons (Fsp3) is 0.182. The first-order chi connectivity index (χ1) is 7.13. The van der Waals surface area contributed by atoms with Crippen LogP contribution in [0.15, 0.2) is 36.4 Å². The average molecular weight is 207 g/mol. The van der Waals surface area contributed by atoms with Gasteiger partial charge in [0.2, 0.25) is 0 Å². The maximum atomic E-state index is 10.3. The van der Waals surface area contributed by atoms with Crippen molar-refractivity contribution in [1.82, 2.24) is 0 Å². The van der Waals surface area contributed by atoms with E-state index in [0.29, 0.717) is 0 Å². The second kappa shape index (κ2) is 5.17. The van der Waals surface area contributed by atoms with Crippen LogP contribution in [0.2, 0.25) is 0 Å². The monoisotopic (exact) mass is 207 g/mol. The number of carbonyl (C=O) groups is 1. The SMILES string of the molecule is COc1ccc(C(N)/C=C/C(=O)O)cc1. The van der Waals surface area contributed by atoms with E-state index < -0.39 is 12.0 Å². The summed E-state index contributed by atoms with van der Waals surface area (Å²) in [4.78, 5) is 10.3. The van der Waals surface area contributed by atoms with Crippen LogP contribution >= 0.6 is 0 Å². The highest BCUT2D eigenvalue weighted by molar-refractivity contribution is 5.79. The van der Waals surface area contributed by atoms with E-state index in [4.69, 9.17) is 15.6 Å². The first-order valence-corrected chi connectivity index (χ1v) is 4.44. The van der Waals surface area contributed by atoms with E-state index in [1.165, 1.54) is 6.08 Å². The molecule has 0 amide bonds. The molecule has 0 aliphatic carbocycles. The lowest BCUT2D eigenvalue weighted by atomic mass is 10.1. The summed E-state index contributed by atoms with van der Waals surface area (Å²) in [6.45, 7) is 0. The van der Waals surface area contributed by atoms with E-state index in [0.717, 1.165) is 17.4 Å². The number of nitrogens with two attached hydrogens (primary N) is 1. The molecule has 0 aliphatic heterocycles. The van der Waals surface area contributed by atoms with E-state index in [-0.39, 0.29) is 0 Å². The predicted molar refractivity (Wildman–Crippen MR) is 56.7 cm³/mol. The molecule has 0 saturated carbocycles. The highest BCUT2D eigenvalue weighted by atomic mass is 16.5. The molecule has 0 spiro atoms. The van der Waals surface area contributed by atoms with Gasteiger partial charge in [-0.1, -0.05) is 18.2 Å². The zero-order chi connectivity index (χ0) is 11.3. The summed E-state index contributed by atoms with van der Waals surface area (Å²) >= 11 is 0. The van der Waals surface area contributed by atoms with Gasteiger partial charge in [-0.25, -0.2) is 4.79 Å². The molecular formula is C11H13NO3. The number of aliphatic carboxylic acids is 1. The molecule has 1 aromatic rings. The van der Waals surface area contributed by atoms with Crippen LogP contribution in [-0.4, -0.2) is 18.2 Å². The van der Waals surface area contributed by atoms with Gasteiger partial charge in [0.05, 0.1) is 7.11 Å². The van der Waals surface area contributed by atoms with Gasteiger partial charge in [0.1, 0.15) is 5.75 Å². The first kappa shape index (κ1) is 11.3. The summed E-state index contributed by atoms with van der Waals surface area (Å²) in [5, 5.41) is 8.43. The lowest BCUT2D eigenvalue weighted by Gasteiger charge is -2.07. The van der Waals surface area contributed by atoms with Crippen molar-refractivity contribution in [2.24, 2.45) is 5.73 Å². The van der Waals surface area contributed by atoms with Crippen LogP contribution in [0.4, 0.5) is 0 Å². The lowest BCUT2D eigenvalue weighted by Crippen LogP contribution is -2.07. The van der Waals surface area contributed by atoms with Gasteiger partial charge in [-0.2, -0.15) is 0 Å². The quantitative estimate of drug-likeness (QED) is 0.731. The number of ether oxygens (including phenoxy) is 1. The smallest absolute Gasteiger partial charge is 0.328 e. The number of hydrogen-bond donors (Lipinski definition) is 2. The Morgan fingerprint density at radius 3 is 2.53 bits per heavy atom. The van der Waals surface area contributed by atoms with Crippen LogP contribution < -0.4 is 10.5 Å². The number of benzene rings is 1. The minimum Gasteiger partial charge on any atom is -0.497 e. The van der Waals surface area contributed by atoms with Gasteiger partial charge < -0.3 is 15.6 Å². The van der Waals surface area contributed by atoms with E-state index in [1.807, 2.05) is 0 Å². The van der Waals surface area contributed by atoms with Crippen LogP contribution in [0.3, 0.4) is 0 Å². The van der Waals surface area contributed by atoms with Crippen molar-refractivity contribution < 1.29 is 14.6 Å². The van der Waals surface area contributed by atoms with Gasteiger partial charge >= 0.3 is 5.97 Å². The van der Waals surface area contributed by atoms with E-state index in [1.54, 1.807) is 31.4 Å². The summed E-state index contributed by atoms with van der Waals surface area (Å²) in [6.07, 6.45) is 2.47. The molecule has 4 nitrogen and oxygen atoms in total. The highest BCUT2D eigenvalue weighted by Crippen LogP contribution is 2.16. The summed E-state index contributed by atoms with van der Waals surface area (Å²) in [5.74, 6) is -0.257. The fourth-order valence-electron chi connectivity index (χ4n) is 1.12. The summed E-state index contributed by atoms with van der Waals surface area (Å²) in [6, 6.07) is 6.76. The Bertz CT molecular complexity index is 357. The van der Waals surface area contributed by atoms with Crippen molar-refractivity contribution in [3.63, 3.8) is 0 Å². The van der Waals surface area contributed by atoms with Crippen LogP contribution in [0.5, 0.6) is 5.75 Å². The maximum absolute atomic E-state index is 10.3.